The normalized spacial score (nSPS) is 41.7. The van der Waals surface area contributed by atoms with Gasteiger partial charge in [0, 0.05) is 24.7 Å². The van der Waals surface area contributed by atoms with Gasteiger partial charge in [-0.15, -0.1) is 0 Å². The number of nitrogens with zero attached hydrogens (tertiary/aromatic N) is 3. The Labute approximate surface area is 129 Å². The second-order valence-corrected chi connectivity index (χ2v) is 7.31. The molecule has 2 heterocycles. The first-order valence-electron chi connectivity index (χ1n) is 8.80. The molecule has 118 valence electrons. The number of nitriles is 1. The second kappa shape index (κ2) is 6.24. The number of hydrogen-bond donors (Lipinski definition) is 1. The molecule has 3 aliphatic rings. The van der Waals surface area contributed by atoms with Crippen LogP contribution in [0.2, 0.25) is 0 Å². The minimum atomic E-state index is -0.269. The fourth-order valence-corrected chi connectivity index (χ4v) is 4.86. The van der Waals surface area contributed by atoms with Crippen molar-refractivity contribution >= 4 is 0 Å². The molecule has 0 aromatic carbocycles. The van der Waals surface area contributed by atoms with Crippen molar-refractivity contribution in [1.29, 1.82) is 5.26 Å². The topological polar surface area (TPSA) is 42.3 Å². The molecule has 0 aromatic heterocycles. The fourth-order valence-electron chi connectivity index (χ4n) is 4.86. The van der Waals surface area contributed by atoms with E-state index >= 15 is 0 Å². The molecular weight excluding hydrogens is 260 g/mol. The van der Waals surface area contributed by atoms with Crippen molar-refractivity contribution in [2.24, 2.45) is 0 Å². The van der Waals surface area contributed by atoms with E-state index in [0.29, 0.717) is 6.04 Å². The lowest BCUT2D eigenvalue weighted by molar-refractivity contribution is 0.110. The maximum Gasteiger partial charge on any atom is 0.108 e. The molecule has 0 aromatic rings. The molecule has 2 aliphatic heterocycles. The summed E-state index contributed by atoms with van der Waals surface area (Å²) in [5.41, 5.74) is -0.269. The van der Waals surface area contributed by atoms with Crippen LogP contribution in [0, 0.1) is 11.3 Å². The summed E-state index contributed by atoms with van der Waals surface area (Å²) >= 11 is 0. The summed E-state index contributed by atoms with van der Waals surface area (Å²) in [5.74, 6) is 0. The second-order valence-electron chi connectivity index (χ2n) is 7.31. The van der Waals surface area contributed by atoms with Gasteiger partial charge in [-0.2, -0.15) is 5.26 Å². The van der Waals surface area contributed by atoms with Gasteiger partial charge < -0.3 is 0 Å². The monoisotopic (exact) mass is 290 g/mol. The van der Waals surface area contributed by atoms with Crippen molar-refractivity contribution in [3.63, 3.8) is 0 Å². The van der Waals surface area contributed by atoms with E-state index in [9.17, 15) is 5.26 Å². The Bertz CT molecular complexity index is 400. The van der Waals surface area contributed by atoms with Crippen LogP contribution >= 0.6 is 0 Å². The lowest BCUT2D eigenvalue weighted by atomic mass is 9.79. The molecule has 1 saturated carbocycles. The van der Waals surface area contributed by atoms with Crippen LogP contribution in [-0.4, -0.2) is 60.1 Å². The van der Waals surface area contributed by atoms with E-state index in [1.807, 2.05) is 0 Å². The molecule has 2 saturated heterocycles. The summed E-state index contributed by atoms with van der Waals surface area (Å²) in [6.07, 6.45) is 8.55. The van der Waals surface area contributed by atoms with Crippen molar-refractivity contribution < 1.29 is 0 Å². The van der Waals surface area contributed by atoms with Crippen molar-refractivity contribution in [3.8, 4) is 6.07 Å². The zero-order chi connectivity index (χ0) is 14.9. The lowest BCUT2D eigenvalue weighted by Crippen LogP contribution is -2.54. The predicted molar refractivity (Wildman–Crippen MR) is 85.0 cm³/mol. The van der Waals surface area contributed by atoms with Gasteiger partial charge in [0.05, 0.1) is 6.07 Å². The number of nitrogens with one attached hydrogen (secondary N) is 1. The van der Waals surface area contributed by atoms with Crippen LogP contribution in [0.1, 0.15) is 51.9 Å². The van der Waals surface area contributed by atoms with E-state index < -0.39 is 0 Å². The molecule has 4 nitrogen and oxygen atoms in total. The SMILES string of the molecule is CCNC1(C#N)CCCC(N2CCC3CCC(C2)N3C)C1. The Morgan fingerprint density at radius 2 is 2.00 bits per heavy atom. The Hall–Kier alpha value is -0.630. The van der Waals surface area contributed by atoms with E-state index in [4.69, 9.17) is 0 Å². The molecule has 3 fully saturated rings. The summed E-state index contributed by atoms with van der Waals surface area (Å²) in [5, 5.41) is 13.1. The first-order chi connectivity index (χ1) is 10.2. The molecule has 0 amide bonds. The maximum atomic E-state index is 9.65. The average Bonchev–Trinajstić information content (AvgIpc) is 2.73. The molecule has 1 aliphatic carbocycles. The average molecular weight is 290 g/mol. The highest BCUT2D eigenvalue weighted by Gasteiger charge is 2.41. The zero-order valence-electron chi connectivity index (χ0n) is 13.6. The van der Waals surface area contributed by atoms with Crippen LogP contribution in [0.25, 0.3) is 0 Å². The van der Waals surface area contributed by atoms with Crippen molar-refractivity contribution in [3.05, 3.63) is 0 Å². The predicted octanol–water partition coefficient (Wildman–Crippen LogP) is 1.97. The van der Waals surface area contributed by atoms with Gasteiger partial charge in [0.15, 0.2) is 0 Å². The van der Waals surface area contributed by atoms with E-state index in [1.165, 1.54) is 45.2 Å². The third-order valence-electron chi connectivity index (χ3n) is 6.15. The minimum Gasteiger partial charge on any atom is -0.300 e. The molecule has 21 heavy (non-hydrogen) atoms. The third-order valence-corrected chi connectivity index (χ3v) is 6.15. The minimum absolute atomic E-state index is 0.269. The standard InChI is InChI=1S/C17H30N4/c1-3-19-17(13-18)9-4-5-15(11-17)21-10-8-14-6-7-16(12-21)20(14)2/h14-16,19H,3-12H2,1-2H3. The van der Waals surface area contributed by atoms with E-state index in [2.05, 4.69) is 35.2 Å². The van der Waals surface area contributed by atoms with E-state index in [1.54, 1.807) is 0 Å². The number of likely N-dealkylation sites (N-methyl/N-ethyl adjacent to an activating group) is 1. The van der Waals surface area contributed by atoms with E-state index in [0.717, 1.165) is 31.5 Å². The van der Waals surface area contributed by atoms with Crippen molar-refractivity contribution in [1.82, 2.24) is 15.1 Å². The third kappa shape index (κ3) is 2.97. The van der Waals surface area contributed by atoms with Crippen molar-refractivity contribution in [2.45, 2.75) is 75.5 Å². The molecule has 0 spiro atoms. The fraction of sp³-hybridized carbons (Fsp3) is 0.941. The summed E-state index contributed by atoms with van der Waals surface area (Å²) in [6.45, 7) is 5.45. The van der Waals surface area contributed by atoms with Gasteiger partial charge in [-0.25, -0.2) is 0 Å². The van der Waals surface area contributed by atoms with Crippen LogP contribution in [0.3, 0.4) is 0 Å². The molecule has 4 unspecified atom stereocenters. The van der Waals surface area contributed by atoms with Gasteiger partial charge in [0.1, 0.15) is 5.54 Å². The molecule has 4 atom stereocenters. The Balaban J connectivity index is 1.68. The first-order valence-corrected chi connectivity index (χ1v) is 8.80. The highest BCUT2D eigenvalue weighted by atomic mass is 15.3. The van der Waals surface area contributed by atoms with E-state index in [-0.39, 0.29) is 5.54 Å². The van der Waals surface area contributed by atoms with Crippen LogP contribution in [0.15, 0.2) is 0 Å². The Kier molecular flexibility index (Phi) is 4.54. The number of hydrogen-bond acceptors (Lipinski definition) is 4. The smallest absolute Gasteiger partial charge is 0.108 e. The Morgan fingerprint density at radius 1 is 1.19 bits per heavy atom. The van der Waals surface area contributed by atoms with Crippen LogP contribution in [0.5, 0.6) is 0 Å². The van der Waals surface area contributed by atoms with Gasteiger partial charge in [0.25, 0.3) is 0 Å². The van der Waals surface area contributed by atoms with Gasteiger partial charge in [-0.3, -0.25) is 15.1 Å². The molecule has 2 bridgehead atoms. The number of fused-ring (bicyclic) bond motifs is 2. The van der Waals surface area contributed by atoms with Gasteiger partial charge in [-0.05, 0) is 65.1 Å². The van der Waals surface area contributed by atoms with Crippen LogP contribution < -0.4 is 5.32 Å². The van der Waals surface area contributed by atoms with Gasteiger partial charge in [0.2, 0.25) is 0 Å². The van der Waals surface area contributed by atoms with Crippen LogP contribution in [-0.2, 0) is 0 Å². The summed E-state index contributed by atoms with van der Waals surface area (Å²) in [6, 6.07) is 4.75. The van der Waals surface area contributed by atoms with Gasteiger partial charge >= 0.3 is 0 Å². The van der Waals surface area contributed by atoms with Gasteiger partial charge in [-0.1, -0.05) is 6.92 Å². The zero-order valence-corrected chi connectivity index (χ0v) is 13.6. The Morgan fingerprint density at radius 3 is 2.76 bits per heavy atom. The maximum absolute atomic E-state index is 9.65. The molecule has 3 rings (SSSR count). The summed E-state index contributed by atoms with van der Waals surface area (Å²) in [7, 11) is 2.31. The molecule has 0 radical (unpaired) electrons. The quantitative estimate of drug-likeness (QED) is 0.863. The first kappa shape index (κ1) is 15.3. The number of rotatable bonds is 3. The molecule has 4 heteroatoms. The lowest BCUT2D eigenvalue weighted by Gasteiger charge is -2.42. The highest BCUT2D eigenvalue weighted by molar-refractivity contribution is 5.11. The largest absolute Gasteiger partial charge is 0.300 e. The highest BCUT2D eigenvalue weighted by Crippen LogP contribution is 2.35. The number of likely N-dealkylation sites (tertiary alicyclic amines) is 1. The summed E-state index contributed by atoms with van der Waals surface area (Å²) < 4.78 is 0. The molecular formula is C17H30N4. The van der Waals surface area contributed by atoms with Crippen molar-refractivity contribution in [2.75, 3.05) is 26.7 Å². The molecule has 1 N–H and O–H groups in total. The summed E-state index contributed by atoms with van der Waals surface area (Å²) in [4.78, 5) is 5.33. The van der Waals surface area contributed by atoms with Crippen LogP contribution in [0.4, 0.5) is 0 Å².